The minimum absolute atomic E-state index is 0.171. The van der Waals surface area contributed by atoms with Crippen molar-refractivity contribution in [2.45, 2.75) is 20.8 Å². The number of nitriles is 1. The maximum Gasteiger partial charge on any atom is 0.332 e. The highest BCUT2D eigenvalue weighted by molar-refractivity contribution is 7.53. The summed E-state index contributed by atoms with van der Waals surface area (Å²) in [5, 5.41) is 8.84. The monoisotopic (exact) mass is 263 g/mol. The fraction of sp³-hybridized carbons (Fsp3) is 0.800. The minimum Gasteiger partial charge on any atom is -0.465 e. The summed E-state index contributed by atoms with van der Waals surface area (Å²) in [5.41, 5.74) is 0. The molecule has 98 valence electrons. The molecular formula is C10H18NO5P. The summed E-state index contributed by atoms with van der Waals surface area (Å²) in [4.78, 5) is 11.4. The zero-order valence-electron chi connectivity index (χ0n) is 10.3. The highest BCUT2D eigenvalue weighted by Gasteiger charge is 2.33. The average molecular weight is 263 g/mol. The van der Waals surface area contributed by atoms with Crippen LogP contribution in [0.1, 0.15) is 20.8 Å². The van der Waals surface area contributed by atoms with Crippen LogP contribution in [-0.2, 0) is 23.1 Å². The number of esters is 1. The van der Waals surface area contributed by atoms with Crippen LogP contribution in [0.2, 0.25) is 0 Å². The average Bonchev–Trinajstić information content (AvgIpc) is 2.27. The molecule has 7 heteroatoms. The molecule has 0 saturated carbocycles. The maximum atomic E-state index is 12.1. The third kappa shape index (κ3) is 5.83. The Morgan fingerprint density at radius 2 is 1.76 bits per heavy atom. The lowest BCUT2D eigenvalue weighted by molar-refractivity contribution is -0.145. The fourth-order valence-electron chi connectivity index (χ4n) is 1.17. The van der Waals surface area contributed by atoms with Crippen molar-refractivity contribution in [1.82, 2.24) is 0 Å². The Hall–Kier alpha value is -0.890. The molecule has 0 saturated heterocycles. The van der Waals surface area contributed by atoms with E-state index in [1.165, 1.54) is 0 Å². The number of ether oxygens (including phenoxy) is 1. The highest BCUT2D eigenvalue weighted by Crippen LogP contribution is 2.49. The van der Waals surface area contributed by atoms with Crippen LogP contribution < -0.4 is 0 Å². The topological polar surface area (TPSA) is 85.6 Å². The van der Waals surface area contributed by atoms with Gasteiger partial charge in [0.2, 0.25) is 0 Å². The Balaban J connectivity index is 4.66. The fourth-order valence-corrected chi connectivity index (χ4v) is 2.92. The van der Waals surface area contributed by atoms with Crippen LogP contribution in [0, 0.1) is 17.2 Å². The molecule has 0 aliphatic carbocycles. The summed E-state index contributed by atoms with van der Waals surface area (Å²) >= 11 is 0. The number of carbonyl (C=O) groups is 1. The number of hydrogen-bond donors (Lipinski definition) is 0. The van der Waals surface area contributed by atoms with E-state index in [0.29, 0.717) is 0 Å². The second-order valence-corrected chi connectivity index (χ2v) is 5.17. The van der Waals surface area contributed by atoms with Gasteiger partial charge in [-0.25, -0.2) is 0 Å². The largest absolute Gasteiger partial charge is 0.465 e. The van der Waals surface area contributed by atoms with E-state index in [1.807, 2.05) is 0 Å². The summed E-state index contributed by atoms with van der Waals surface area (Å²) in [5.74, 6) is -1.83. The SMILES string of the molecule is CCOC(=O)C(C#N)CP(=O)(OCC)OCC. The molecule has 0 spiro atoms. The molecule has 0 heterocycles. The number of carbonyl (C=O) groups excluding carboxylic acids is 1. The highest BCUT2D eigenvalue weighted by atomic mass is 31.2. The first kappa shape index (κ1) is 16.1. The quantitative estimate of drug-likeness (QED) is 0.491. The third-order valence-electron chi connectivity index (χ3n) is 1.78. The van der Waals surface area contributed by atoms with Gasteiger partial charge in [-0.15, -0.1) is 0 Å². The molecule has 0 aromatic carbocycles. The van der Waals surface area contributed by atoms with Crippen LogP contribution in [0.3, 0.4) is 0 Å². The van der Waals surface area contributed by atoms with Gasteiger partial charge < -0.3 is 13.8 Å². The van der Waals surface area contributed by atoms with E-state index in [0.717, 1.165) is 0 Å². The van der Waals surface area contributed by atoms with Crippen molar-refractivity contribution in [2.75, 3.05) is 26.0 Å². The molecule has 0 fully saturated rings. The molecule has 0 bridgehead atoms. The van der Waals surface area contributed by atoms with Crippen molar-refractivity contribution < 1.29 is 23.1 Å². The Morgan fingerprint density at radius 1 is 1.24 bits per heavy atom. The molecule has 0 N–H and O–H groups in total. The zero-order chi connectivity index (χ0) is 13.3. The first-order chi connectivity index (χ1) is 8.02. The van der Waals surface area contributed by atoms with Crippen molar-refractivity contribution in [3.8, 4) is 6.07 Å². The van der Waals surface area contributed by atoms with Crippen LogP contribution in [0.15, 0.2) is 0 Å². The third-order valence-corrected chi connectivity index (χ3v) is 3.90. The van der Waals surface area contributed by atoms with Crippen molar-refractivity contribution in [3.63, 3.8) is 0 Å². The molecule has 0 amide bonds. The van der Waals surface area contributed by atoms with E-state index < -0.39 is 19.5 Å². The summed E-state index contributed by atoms with van der Waals surface area (Å²) in [6.07, 6.45) is -0.274. The molecule has 1 unspecified atom stereocenters. The summed E-state index contributed by atoms with van der Waals surface area (Å²) in [6, 6.07) is 1.75. The minimum atomic E-state index is -3.39. The molecule has 0 aromatic heterocycles. The number of rotatable bonds is 8. The smallest absolute Gasteiger partial charge is 0.332 e. The van der Waals surface area contributed by atoms with E-state index in [4.69, 9.17) is 19.0 Å². The van der Waals surface area contributed by atoms with Crippen LogP contribution in [0.5, 0.6) is 0 Å². The lowest BCUT2D eigenvalue weighted by atomic mass is 10.2. The Kier molecular flexibility index (Phi) is 7.81. The van der Waals surface area contributed by atoms with Gasteiger partial charge in [-0.2, -0.15) is 5.26 Å². The van der Waals surface area contributed by atoms with Gasteiger partial charge in [-0.1, -0.05) is 0 Å². The Morgan fingerprint density at radius 3 is 2.12 bits per heavy atom. The molecule has 0 radical (unpaired) electrons. The van der Waals surface area contributed by atoms with Gasteiger partial charge in [0.15, 0.2) is 5.92 Å². The zero-order valence-corrected chi connectivity index (χ0v) is 11.2. The van der Waals surface area contributed by atoms with Crippen LogP contribution >= 0.6 is 7.60 Å². The second-order valence-electron chi connectivity index (χ2n) is 3.06. The predicted octanol–water partition coefficient (Wildman–Crippen LogP) is 1.96. The first-order valence-electron chi connectivity index (χ1n) is 5.47. The lowest BCUT2D eigenvalue weighted by Gasteiger charge is -2.18. The Labute approximate surface area is 101 Å². The van der Waals surface area contributed by atoms with Gasteiger partial charge in [0.1, 0.15) is 0 Å². The molecular weight excluding hydrogens is 245 g/mol. The number of nitrogens with zero attached hydrogens (tertiary/aromatic N) is 1. The first-order valence-corrected chi connectivity index (χ1v) is 7.20. The van der Waals surface area contributed by atoms with E-state index >= 15 is 0 Å². The van der Waals surface area contributed by atoms with Gasteiger partial charge >= 0.3 is 13.6 Å². The van der Waals surface area contributed by atoms with Crippen LogP contribution in [0.25, 0.3) is 0 Å². The van der Waals surface area contributed by atoms with Crippen LogP contribution in [-0.4, -0.2) is 32.0 Å². The molecule has 0 aliphatic rings. The number of hydrogen-bond acceptors (Lipinski definition) is 6. The molecule has 1 atom stereocenters. The van der Waals surface area contributed by atoms with E-state index in [1.54, 1.807) is 26.8 Å². The van der Waals surface area contributed by atoms with Gasteiger partial charge in [0.25, 0.3) is 0 Å². The standard InChI is InChI=1S/C10H18NO5P/c1-4-14-10(12)9(7-11)8-17(13,15-5-2)16-6-3/h9H,4-6,8H2,1-3H3. The van der Waals surface area contributed by atoms with Crippen LogP contribution in [0.4, 0.5) is 0 Å². The van der Waals surface area contributed by atoms with Gasteiger partial charge in [-0.05, 0) is 20.8 Å². The van der Waals surface area contributed by atoms with Crippen molar-refractivity contribution in [1.29, 1.82) is 5.26 Å². The molecule has 0 aliphatic heterocycles. The lowest BCUT2D eigenvalue weighted by Crippen LogP contribution is -2.21. The molecule has 0 aromatic rings. The normalized spacial score (nSPS) is 12.8. The predicted molar refractivity (Wildman–Crippen MR) is 61.5 cm³/mol. The summed E-state index contributed by atoms with van der Waals surface area (Å²) in [7, 11) is -3.39. The summed E-state index contributed by atoms with van der Waals surface area (Å²) in [6.45, 7) is 5.52. The van der Waals surface area contributed by atoms with E-state index in [9.17, 15) is 9.36 Å². The molecule has 6 nitrogen and oxygen atoms in total. The van der Waals surface area contributed by atoms with Crippen molar-refractivity contribution >= 4 is 13.6 Å². The van der Waals surface area contributed by atoms with Gasteiger partial charge in [0.05, 0.1) is 32.1 Å². The van der Waals surface area contributed by atoms with E-state index in [2.05, 4.69) is 0 Å². The second kappa shape index (κ2) is 8.24. The van der Waals surface area contributed by atoms with Gasteiger partial charge in [-0.3, -0.25) is 9.36 Å². The van der Waals surface area contributed by atoms with Crippen molar-refractivity contribution in [3.05, 3.63) is 0 Å². The molecule has 0 rings (SSSR count). The van der Waals surface area contributed by atoms with E-state index in [-0.39, 0.29) is 26.0 Å². The van der Waals surface area contributed by atoms with Gasteiger partial charge in [0, 0.05) is 0 Å². The molecule has 17 heavy (non-hydrogen) atoms. The summed E-state index contributed by atoms with van der Waals surface area (Å²) < 4.78 is 26.8. The van der Waals surface area contributed by atoms with Crippen molar-refractivity contribution in [2.24, 2.45) is 5.92 Å². The Bertz CT molecular complexity index is 315. The maximum absolute atomic E-state index is 12.1.